The summed E-state index contributed by atoms with van der Waals surface area (Å²) in [6.07, 6.45) is 3.33. The van der Waals surface area contributed by atoms with E-state index in [0.717, 1.165) is 5.75 Å². The average molecular weight is 277 g/mol. The van der Waals surface area contributed by atoms with Crippen LogP contribution in [0, 0.1) is 6.92 Å². The molecule has 0 radical (unpaired) electrons. The molecular weight excluding hydrogens is 250 g/mol. The van der Waals surface area contributed by atoms with Crippen LogP contribution in [-0.4, -0.2) is 41.3 Å². The molecule has 1 saturated heterocycles. The first-order valence-corrected chi connectivity index (χ1v) is 7.69. The molecule has 1 aliphatic heterocycles. The van der Waals surface area contributed by atoms with E-state index >= 15 is 0 Å². The lowest BCUT2D eigenvalue weighted by molar-refractivity contribution is 0.0209. The van der Waals surface area contributed by atoms with Gasteiger partial charge in [-0.3, -0.25) is 4.90 Å². The first-order chi connectivity index (χ1) is 9.56. The molecule has 0 bridgehead atoms. The zero-order valence-corrected chi connectivity index (χ0v) is 12.9. The number of nitrogens with zero attached hydrogens (tertiary/aromatic N) is 1. The third-order valence-electron chi connectivity index (χ3n) is 4.26. The predicted octanol–water partition coefficient (Wildman–Crippen LogP) is 3.00. The van der Waals surface area contributed by atoms with E-state index in [9.17, 15) is 5.11 Å². The largest absolute Gasteiger partial charge is 0.491 e. The van der Waals surface area contributed by atoms with Crippen LogP contribution in [-0.2, 0) is 0 Å². The number of aryl methyl sites for hydroxylation is 1. The van der Waals surface area contributed by atoms with E-state index in [0.29, 0.717) is 25.2 Å². The standard InChI is InChI=1S/C17H27NO2/c1-13-7-9-17(10-8-13)20-12-16(19)11-18-14(2)5-4-6-15(18)3/h7-10,14-16,19H,4-6,11-12H2,1-3H3/t14-,15+,16-/m1/s1. The number of ether oxygens (including phenoxy) is 1. The molecule has 0 unspecified atom stereocenters. The topological polar surface area (TPSA) is 32.7 Å². The first kappa shape index (κ1) is 15.3. The second-order valence-corrected chi connectivity index (χ2v) is 6.10. The summed E-state index contributed by atoms with van der Waals surface area (Å²) in [4.78, 5) is 2.41. The van der Waals surface area contributed by atoms with Crippen molar-refractivity contribution in [1.29, 1.82) is 0 Å². The summed E-state index contributed by atoms with van der Waals surface area (Å²) in [6, 6.07) is 9.08. The molecule has 3 heteroatoms. The maximum absolute atomic E-state index is 10.2. The number of rotatable bonds is 5. The number of hydrogen-bond donors (Lipinski definition) is 1. The molecule has 3 nitrogen and oxygen atoms in total. The predicted molar refractivity (Wildman–Crippen MR) is 82.2 cm³/mol. The number of benzene rings is 1. The fourth-order valence-corrected chi connectivity index (χ4v) is 2.96. The fourth-order valence-electron chi connectivity index (χ4n) is 2.96. The van der Waals surface area contributed by atoms with Gasteiger partial charge in [-0.25, -0.2) is 0 Å². The lowest BCUT2D eigenvalue weighted by atomic mass is 9.97. The van der Waals surface area contributed by atoms with Crippen molar-refractivity contribution in [3.8, 4) is 5.75 Å². The van der Waals surface area contributed by atoms with Crippen molar-refractivity contribution in [3.05, 3.63) is 29.8 Å². The third kappa shape index (κ3) is 4.22. The van der Waals surface area contributed by atoms with Gasteiger partial charge in [0.05, 0.1) is 0 Å². The number of hydrogen-bond acceptors (Lipinski definition) is 3. The molecule has 0 amide bonds. The summed E-state index contributed by atoms with van der Waals surface area (Å²) in [5.74, 6) is 0.828. The van der Waals surface area contributed by atoms with Crippen molar-refractivity contribution >= 4 is 0 Å². The van der Waals surface area contributed by atoms with Crippen LogP contribution in [0.5, 0.6) is 5.75 Å². The lowest BCUT2D eigenvalue weighted by Crippen LogP contribution is -2.48. The zero-order chi connectivity index (χ0) is 14.5. The van der Waals surface area contributed by atoms with Crippen LogP contribution in [0.2, 0.25) is 0 Å². The van der Waals surface area contributed by atoms with Gasteiger partial charge in [0.2, 0.25) is 0 Å². The minimum absolute atomic E-state index is 0.360. The summed E-state index contributed by atoms with van der Waals surface area (Å²) in [5, 5.41) is 10.2. The third-order valence-corrected chi connectivity index (χ3v) is 4.26. The lowest BCUT2D eigenvalue weighted by Gasteiger charge is -2.40. The van der Waals surface area contributed by atoms with Gasteiger partial charge in [0.25, 0.3) is 0 Å². The Hall–Kier alpha value is -1.06. The summed E-state index contributed by atoms with van der Waals surface area (Å²) in [6.45, 7) is 7.62. The molecule has 1 N–H and O–H groups in total. The first-order valence-electron chi connectivity index (χ1n) is 7.69. The molecule has 1 aliphatic rings. The van der Waals surface area contributed by atoms with Crippen molar-refractivity contribution in [1.82, 2.24) is 4.90 Å². The van der Waals surface area contributed by atoms with Crippen molar-refractivity contribution < 1.29 is 9.84 Å². The number of aliphatic hydroxyl groups is 1. The molecule has 1 aromatic carbocycles. The normalized spacial score (nSPS) is 25.4. The SMILES string of the molecule is Cc1ccc(OC[C@H](O)CN2[C@H](C)CCC[C@@H]2C)cc1. The summed E-state index contributed by atoms with van der Waals surface area (Å²) in [5.41, 5.74) is 1.22. The maximum Gasteiger partial charge on any atom is 0.119 e. The molecular formula is C17H27NO2. The van der Waals surface area contributed by atoms with E-state index in [4.69, 9.17) is 4.74 Å². The molecule has 112 valence electrons. The molecule has 1 fully saturated rings. The average Bonchev–Trinajstić information content (AvgIpc) is 2.42. The van der Waals surface area contributed by atoms with Crippen molar-refractivity contribution in [3.63, 3.8) is 0 Å². The van der Waals surface area contributed by atoms with E-state index in [1.54, 1.807) is 0 Å². The van der Waals surface area contributed by atoms with Crippen LogP contribution >= 0.6 is 0 Å². The maximum atomic E-state index is 10.2. The van der Waals surface area contributed by atoms with Gasteiger partial charge in [0.15, 0.2) is 0 Å². The molecule has 0 aromatic heterocycles. The van der Waals surface area contributed by atoms with E-state index in [1.807, 2.05) is 24.3 Å². The highest BCUT2D eigenvalue weighted by atomic mass is 16.5. The van der Waals surface area contributed by atoms with Gasteiger partial charge < -0.3 is 9.84 Å². The van der Waals surface area contributed by atoms with Crippen LogP contribution in [0.1, 0.15) is 38.7 Å². The van der Waals surface area contributed by atoms with Gasteiger partial charge in [-0.2, -0.15) is 0 Å². The minimum Gasteiger partial charge on any atom is -0.491 e. The highest BCUT2D eigenvalue weighted by Crippen LogP contribution is 2.22. The Morgan fingerprint density at radius 2 is 1.80 bits per heavy atom. The Bertz CT molecular complexity index is 394. The van der Waals surface area contributed by atoms with Crippen LogP contribution in [0.15, 0.2) is 24.3 Å². The van der Waals surface area contributed by atoms with Gasteiger partial charge in [0.1, 0.15) is 18.5 Å². The van der Waals surface area contributed by atoms with Gasteiger partial charge in [0, 0.05) is 18.6 Å². The monoisotopic (exact) mass is 277 g/mol. The number of aliphatic hydroxyl groups excluding tert-OH is 1. The zero-order valence-electron chi connectivity index (χ0n) is 12.9. The summed E-state index contributed by atoms with van der Waals surface area (Å²) < 4.78 is 5.66. The van der Waals surface area contributed by atoms with Gasteiger partial charge >= 0.3 is 0 Å². The van der Waals surface area contributed by atoms with Crippen LogP contribution in [0.4, 0.5) is 0 Å². The Morgan fingerprint density at radius 1 is 1.20 bits per heavy atom. The Labute approximate surface area is 122 Å². The molecule has 1 aromatic rings. The molecule has 2 rings (SSSR count). The number of β-amino-alcohol motifs (C(OH)–C–C–N with tert-alkyl or cyclic N) is 1. The van der Waals surface area contributed by atoms with Crippen LogP contribution in [0.3, 0.4) is 0 Å². The Balaban J connectivity index is 1.79. The molecule has 1 heterocycles. The minimum atomic E-state index is -0.431. The second kappa shape index (κ2) is 7.09. The smallest absolute Gasteiger partial charge is 0.119 e. The van der Waals surface area contributed by atoms with E-state index in [2.05, 4.69) is 25.7 Å². The Morgan fingerprint density at radius 3 is 2.40 bits per heavy atom. The highest BCUT2D eigenvalue weighted by molar-refractivity contribution is 5.26. The summed E-state index contributed by atoms with van der Waals surface area (Å²) in [7, 11) is 0. The van der Waals surface area contributed by atoms with Crippen LogP contribution in [0.25, 0.3) is 0 Å². The highest BCUT2D eigenvalue weighted by Gasteiger charge is 2.26. The molecule has 20 heavy (non-hydrogen) atoms. The van der Waals surface area contributed by atoms with Gasteiger partial charge in [-0.1, -0.05) is 24.1 Å². The molecule has 0 spiro atoms. The van der Waals surface area contributed by atoms with Gasteiger partial charge in [-0.05, 0) is 45.7 Å². The number of likely N-dealkylation sites (tertiary alicyclic amines) is 1. The fraction of sp³-hybridized carbons (Fsp3) is 0.647. The van der Waals surface area contributed by atoms with Crippen molar-refractivity contribution in [2.45, 2.75) is 58.2 Å². The quantitative estimate of drug-likeness (QED) is 0.898. The second-order valence-electron chi connectivity index (χ2n) is 6.10. The van der Waals surface area contributed by atoms with E-state index in [1.165, 1.54) is 24.8 Å². The van der Waals surface area contributed by atoms with E-state index in [-0.39, 0.29) is 0 Å². The van der Waals surface area contributed by atoms with Crippen LogP contribution < -0.4 is 4.74 Å². The molecule has 3 atom stereocenters. The van der Waals surface area contributed by atoms with E-state index < -0.39 is 6.10 Å². The summed E-state index contributed by atoms with van der Waals surface area (Å²) >= 11 is 0. The molecule has 0 aliphatic carbocycles. The number of piperidine rings is 1. The molecule has 0 saturated carbocycles. The van der Waals surface area contributed by atoms with Gasteiger partial charge in [-0.15, -0.1) is 0 Å². The van der Waals surface area contributed by atoms with Crippen molar-refractivity contribution in [2.75, 3.05) is 13.2 Å². The Kier molecular flexibility index (Phi) is 5.44. The van der Waals surface area contributed by atoms with Crippen molar-refractivity contribution in [2.24, 2.45) is 0 Å².